The van der Waals surface area contributed by atoms with Gasteiger partial charge in [0, 0.05) is 5.69 Å². The number of carbonyl (C=O) groups is 2. The average molecular weight is 382 g/mol. The molecule has 6 nitrogen and oxygen atoms in total. The molecule has 0 aliphatic carbocycles. The summed E-state index contributed by atoms with van der Waals surface area (Å²) in [5, 5.41) is 4.68. The lowest BCUT2D eigenvalue weighted by atomic mass is 10.1. The first-order valence-corrected chi connectivity index (χ1v) is 7.72. The number of halogens is 3. The molecule has 144 valence electrons. The summed E-state index contributed by atoms with van der Waals surface area (Å²) < 4.78 is 48.3. The van der Waals surface area contributed by atoms with Crippen molar-refractivity contribution in [3.63, 3.8) is 0 Å². The van der Waals surface area contributed by atoms with E-state index in [1.807, 2.05) is 0 Å². The summed E-state index contributed by atoms with van der Waals surface area (Å²) in [6, 6.07) is 8.94. The van der Waals surface area contributed by atoms with Gasteiger partial charge in [-0.15, -0.1) is 0 Å². The van der Waals surface area contributed by atoms with Crippen molar-refractivity contribution in [3.8, 4) is 11.5 Å². The van der Waals surface area contributed by atoms with Crippen LogP contribution < -0.4 is 20.1 Å². The molecule has 0 saturated heterocycles. The van der Waals surface area contributed by atoms with Crippen LogP contribution >= 0.6 is 0 Å². The fraction of sp³-hybridized carbons (Fsp3) is 0.222. The molecule has 0 bridgehead atoms. The highest BCUT2D eigenvalue weighted by molar-refractivity contribution is 6.02. The van der Waals surface area contributed by atoms with Crippen LogP contribution in [0.1, 0.15) is 15.9 Å². The molecule has 2 N–H and O–H groups in total. The van der Waals surface area contributed by atoms with Crippen molar-refractivity contribution in [1.82, 2.24) is 5.32 Å². The van der Waals surface area contributed by atoms with Gasteiger partial charge in [-0.2, -0.15) is 13.2 Å². The smallest absolute Gasteiger partial charge is 0.416 e. The Labute approximate surface area is 153 Å². The number of hydrogen-bond acceptors (Lipinski definition) is 4. The van der Waals surface area contributed by atoms with Crippen LogP contribution in [0.4, 0.5) is 18.9 Å². The van der Waals surface area contributed by atoms with E-state index in [-0.39, 0.29) is 22.7 Å². The van der Waals surface area contributed by atoms with E-state index in [0.29, 0.717) is 0 Å². The van der Waals surface area contributed by atoms with E-state index in [4.69, 9.17) is 9.47 Å². The summed E-state index contributed by atoms with van der Waals surface area (Å²) in [4.78, 5) is 24.3. The second kappa shape index (κ2) is 8.43. The summed E-state index contributed by atoms with van der Waals surface area (Å²) >= 11 is 0. The minimum atomic E-state index is -4.52. The van der Waals surface area contributed by atoms with Crippen LogP contribution in [0.2, 0.25) is 0 Å². The van der Waals surface area contributed by atoms with Gasteiger partial charge in [0.05, 0.1) is 26.3 Å². The lowest BCUT2D eigenvalue weighted by Crippen LogP contribution is -2.33. The molecule has 2 aromatic carbocycles. The van der Waals surface area contributed by atoms with E-state index in [2.05, 4.69) is 10.6 Å². The quantitative estimate of drug-likeness (QED) is 0.805. The third-order valence-corrected chi connectivity index (χ3v) is 3.54. The number of anilines is 1. The maximum atomic E-state index is 12.7. The Bertz CT molecular complexity index is 815. The summed E-state index contributed by atoms with van der Waals surface area (Å²) in [7, 11) is 2.76. The zero-order valence-electron chi connectivity index (χ0n) is 14.5. The highest BCUT2D eigenvalue weighted by atomic mass is 19.4. The topological polar surface area (TPSA) is 76.7 Å². The standard InChI is InChI=1S/C18H17F3N2O4/c1-26-13-7-4-8-14(27-2)16(13)17(25)22-10-15(24)23-12-6-3-5-11(9-12)18(19,20)21/h3-9H,10H2,1-2H3,(H,22,25)(H,23,24). The van der Waals surface area contributed by atoms with Gasteiger partial charge < -0.3 is 20.1 Å². The summed E-state index contributed by atoms with van der Waals surface area (Å²) in [6.45, 7) is -0.448. The maximum Gasteiger partial charge on any atom is 0.416 e. The summed E-state index contributed by atoms with van der Waals surface area (Å²) in [6.07, 6.45) is -4.52. The van der Waals surface area contributed by atoms with Gasteiger partial charge in [0.1, 0.15) is 17.1 Å². The predicted molar refractivity (Wildman–Crippen MR) is 92.0 cm³/mol. The third kappa shape index (κ3) is 5.13. The number of nitrogens with one attached hydrogen (secondary N) is 2. The fourth-order valence-electron chi connectivity index (χ4n) is 2.30. The predicted octanol–water partition coefficient (Wildman–Crippen LogP) is 3.09. The number of carbonyl (C=O) groups excluding carboxylic acids is 2. The van der Waals surface area contributed by atoms with Gasteiger partial charge in [-0.05, 0) is 30.3 Å². The molecule has 0 unspecified atom stereocenters. The number of benzene rings is 2. The van der Waals surface area contributed by atoms with E-state index >= 15 is 0 Å². The highest BCUT2D eigenvalue weighted by Crippen LogP contribution is 2.30. The van der Waals surface area contributed by atoms with Crippen molar-refractivity contribution in [2.24, 2.45) is 0 Å². The summed E-state index contributed by atoms with van der Waals surface area (Å²) in [5.41, 5.74) is -0.809. The molecule has 0 radical (unpaired) electrons. The van der Waals surface area contributed by atoms with Crippen molar-refractivity contribution < 1.29 is 32.2 Å². The monoisotopic (exact) mass is 382 g/mol. The Morgan fingerprint density at radius 3 is 2.15 bits per heavy atom. The molecule has 0 saturated carbocycles. The van der Waals surface area contributed by atoms with Gasteiger partial charge in [0.15, 0.2) is 0 Å². The van der Waals surface area contributed by atoms with Crippen molar-refractivity contribution in [1.29, 1.82) is 0 Å². The molecule has 2 amide bonds. The van der Waals surface area contributed by atoms with Crippen molar-refractivity contribution in [2.75, 3.05) is 26.1 Å². The van der Waals surface area contributed by atoms with Gasteiger partial charge in [-0.1, -0.05) is 12.1 Å². The highest BCUT2D eigenvalue weighted by Gasteiger charge is 2.30. The Kier molecular flexibility index (Phi) is 6.27. The first-order chi connectivity index (χ1) is 12.8. The number of amides is 2. The number of rotatable bonds is 6. The molecule has 0 atom stereocenters. The second-order valence-corrected chi connectivity index (χ2v) is 5.35. The Balaban J connectivity index is 2.03. The molecule has 27 heavy (non-hydrogen) atoms. The van der Waals surface area contributed by atoms with E-state index in [1.165, 1.54) is 26.4 Å². The van der Waals surface area contributed by atoms with Gasteiger partial charge in [-0.25, -0.2) is 0 Å². The molecular formula is C18H17F3N2O4. The fourth-order valence-corrected chi connectivity index (χ4v) is 2.30. The molecular weight excluding hydrogens is 365 g/mol. The van der Waals surface area contributed by atoms with Crippen molar-refractivity contribution >= 4 is 17.5 Å². The molecule has 0 aliphatic heterocycles. The Morgan fingerprint density at radius 2 is 1.59 bits per heavy atom. The SMILES string of the molecule is COc1cccc(OC)c1C(=O)NCC(=O)Nc1cccc(C(F)(F)F)c1. The number of hydrogen-bond donors (Lipinski definition) is 2. The summed E-state index contributed by atoms with van der Waals surface area (Å²) in [5.74, 6) is -0.796. The lowest BCUT2D eigenvalue weighted by molar-refractivity contribution is -0.137. The lowest BCUT2D eigenvalue weighted by Gasteiger charge is -2.13. The normalized spacial score (nSPS) is 10.9. The van der Waals surface area contributed by atoms with Crippen LogP contribution in [0.5, 0.6) is 11.5 Å². The molecule has 0 fully saturated rings. The van der Waals surface area contributed by atoms with Crippen molar-refractivity contribution in [3.05, 3.63) is 53.6 Å². The molecule has 0 heterocycles. The van der Waals surface area contributed by atoms with Crippen LogP contribution in [0.3, 0.4) is 0 Å². The van der Waals surface area contributed by atoms with E-state index in [9.17, 15) is 22.8 Å². The molecule has 2 aromatic rings. The Morgan fingerprint density at radius 1 is 1.00 bits per heavy atom. The zero-order chi connectivity index (χ0) is 20.0. The largest absolute Gasteiger partial charge is 0.496 e. The second-order valence-electron chi connectivity index (χ2n) is 5.35. The maximum absolute atomic E-state index is 12.7. The molecule has 9 heteroatoms. The van der Waals surface area contributed by atoms with Crippen LogP contribution in [-0.2, 0) is 11.0 Å². The number of methoxy groups -OCH3 is 2. The van der Waals surface area contributed by atoms with Crippen LogP contribution in [0.25, 0.3) is 0 Å². The minimum Gasteiger partial charge on any atom is -0.496 e. The number of ether oxygens (including phenoxy) is 2. The van der Waals surface area contributed by atoms with Crippen molar-refractivity contribution in [2.45, 2.75) is 6.18 Å². The molecule has 0 spiro atoms. The van der Waals surface area contributed by atoms with E-state index in [1.54, 1.807) is 18.2 Å². The van der Waals surface area contributed by atoms with Crippen LogP contribution in [-0.4, -0.2) is 32.6 Å². The van der Waals surface area contributed by atoms with Gasteiger partial charge in [0.2, 0.25) is 5.91 Å². The Hall–Kier alpha value is -3.23. The molecule has 0 aromatic heterocycles. The van der Waals surface area contributed by atoms with E-state index in [0.717, 1.165) is 12.1 Å². The van der Waals surface area contributed by atoms with Gasteiger partial charge >= 0.3 is 6.18 Å². The van der Waals surface area contributed by atoms with Gasteiger partial charge in [-0.3, -0.25) is 9.59 Å². The number of alkyl halides is 3. The minimum absolute atomic E-state index is 0.0288. The third-order valence-electron chi connectivity index (χ3n) is 3.54. The first kappa shape index (κ1) is 20.1. The average Bonchev–Trinajstić information content (AvgIpc) is 2.64. The molecule has 0 aliphatic rings. The first-order valence-electron chi connectivity index (χ1n) is 7.72. The van der Waals surface area contributed by atoms with Crippen LogP contribution in [0, 0.1) is 0 Å². The van der Waals surface area contributed by atoms with Crippen LogP contribution in [0.15, 0.2) is 42.5 Å². The van der Waals surface area contributed by atoms with Gasteiger partial charge in [0.25, 0.3) is 5.91 Å². The van der Waals surface area contributed by atoms with E-state index < -0.39 is 30.1 Å². The molecule has 2 rings (SSSR count). The zero-order valence-corrected chi connectivity index (χ0v) is 14.5.